The van der Waals surface area contributed by atoms with E-state index in [1.54, 1.807) is 16.7 Å². The third kappa shape index (κ3) is 4.30. The second kappa shape index (κ2) is 8.86. The van der Waals surface area contributed by atoms with Gasteiger partial charge in [0, 0.05) is 32.2 Å². The first-order valence-corrected chi connectivity index (χ1v) is 12.0. The maximum Gasteiger partial charge on any atom is 0.241 e. The molecule has 0 radical (unpaired) electrons. The Morgan fingerprint density at radius 1 is 1.03 bits per heavy atom. The Morgan fingerprint density at radius 2 is 1.83 bits per heavy atom. The molecule has 1 aromatic carbocycles. The van der Waals surface area contributed by atoms with Crippen LogP contribution in [-0.2, 0) is 4.74 Å². The van der Waals surface area contributed by atoms with E-state index in [0.29, 0.717) is 40.1 Å². The van der Waals surface area contributed by atoms with Crippen LogP contribution >= 0.6 is 11.6 Å². The summed E-state index contributed by atoms with van der Waals surface area (Å²) < 4.78 is 7.00. The van der Waals surface area contributed by atoms with Gasteiger partial charge in [-0.05, 0) is 25.0 Å². The van der Waals surface area contributed by atoms with Crippen molar-refractivity contribution in [2.24, 2.45) is 0 Å². The molecular weight excluding hydrogens is 468 g/mol. The highest BCUT2D eigenvalue weighted by atomic mass is 35.5. The number of nitrogens with one attached hydrogen (secondary N) is 2. The molecule has 2 saturated heterocycles. The standard InChI is InChI=1S/C23H23ClN10O/c24-20-18(7-14(9-25)8-19(20)33-5-3-32(4-6-33)17-12-35-13-17)29-21-30-22(27-15-1-2-15)34-11-16(10-26)28-23(34)31-21/h7-8,11,15,17H,1-6,12-13H2,(H2,27,28,29,30,31). The fourth-order valence-electron chi connectivity index (χ4n) is 4.38. The molecule has 0 atom stereocenters. The van der Waals surface area contributed by atoms with Gasteiger partial charge in [-0.3, -0.25) is 9.30 Å². The quantitative estimate of drug-likeness (QED) is 0.530. The first-order chi connectivity index (χ1) is 17.1. The number of nitrogens with zero attached hydrogens (tertiary/aromatic N) is 8. The van der Waals surface area contributed by atoms with E-state index < -0.39 is 0 Å². The molecule has 3 fully saturated rings. The van der Waals surface area contributed by atoms with Gasteiger partial charge in [-0.2, -0.15) is 25.5 Å². The number of benzene rings is 1. The summed E-state index contributed by atoms with van der Waals surface area (Å²) in [4.78, 5) is 18.0. The van der Waals surface area contributed by atoms with Crippen molar-refractivity contribution in [2.45, 2.75) is 24.9 Å². The zero-order valence-corrected chi connectivity index (χ0v) is 19.7. The van der Waals surface area contributed by atoms with E-state index in [1.165, 1.54) is 0 Å². The summed E-state index contributed by atoms with van der Waals surface area (Å²) in [6.07, 6.45) is 3.74. The summed E-state index contributed by atoms with van der Waals surface area (Å²) >= 11 is 6.86. The van der Waals surface area contributed by atoms with Gasteiger partial charge in [-0.25, -0.2) is 0 Å². The molecule has 35 heavy (non-hydrogen) atoms. The maximum atomic E-state index is 9.67. The third-order valence-corrected chi connectivity index (χ3v) is 6.98. The van der Waals surface area contributed by atoms with Crippen molar-refractivity contribution in [3.05, 3.63) is 34.6 Å². The number of imidazole rings is 1. The highest BCUT2D eigenvalue weighted by Gasteiger charge is 2.30. The van der Waals surface area contributed by atoms with Crippen molar-refractivity contribution >= 4 is 40.7 Å². The molecule has 2 N–H and O–H groups in total. The van der Waals surface area contributed by atoms with Gasteiger partial charge >= 0.3 is 0 Å². The number of nitriles is 2. The molecule has 4 heterocycles. The van der Waals surface area contributed by atoms with E-state index >= 15 is 0 Å². The van der Waals surface area contributed by atoms with Gasteiger partial charge in [0.25, 0.3) is 0 Å². The van der Waals surface area contributed by atoms with Crippen molar-refractivity contribution in [2.75, 3.05) is 54.9 Å². The first-order valence-electron chi connectivity index (χ1n) is 11.6. The second-order valence-corrected chi connectivity index (χ2v) is 9.38. The van der Waals surface area contributed by atoms with Crippen LogP contribution in [0.3, 0.4) is 0 Å². The SMILES string of the molecule is N#Cc1cc(Nc2nc(NC3CC3)n3cc(C#N)nc3n2)c(Cl)c(N2CCN(C3COC3)CC2)c1. The molecule has 3 aromatic rings. The Morgan fingerprint density at radius 3 is 2.49 bits per heavy atom. The van der Waals surface area contributed by atoms with E-state index in [9.17, 15) is 10.5 Å². The predicted octanol–water partition coefficient (Wildman–Crippen LogP) is 2.36. The first kappa shape index (κ1) is 21.9. The highest BCUT2D eigenvalue weighted by molar-refractivity contribution is 6.36. The molecule has 0 spiro atoms. The lowest BCUT2D eigenvalue weighted by molar-refractivity contribution is -0.0660. The normalized spacial score (nSPS) is 18.7. The van der Waals surface area contributed by atoms with Crippen molar-refractivity contribution in [1.82, 2.24) is 24.3 Å². The number of hydrogen-bond acceptors (Lipinski definition) is 10. The Labute approximate surface area is 206 Å². The number of ether oxygens (including phenoxy) is 1. The number of hydrogen-bond donors (Lipinski definition) is 2. The molecule has 0 amide bonds. The third-order valence-electron chi connectivity index (χ3n) is 6.58. The van der Waals surface area contributed by atoms with Crippen molar-refractivity contribution in [3.8, 4) is 12.1 Å². The van der Waals surface area contributed by atoms with Crippen LogP contribution in [0.15, 0.2) is 18.3 Å². The minimum absolute atomic E-state index is 0.259. The summed E-state index contributed by atoms with van der Waals surface area (Å²) in [6.45, 7) is 5.06. The van der Waals surface area contributed by atoms with Crippen LogP contribution in [0.1, 0.15) is 24.1 Å². The smallest absolute Gasteiger partial charge is 0.241 e. The molecule has 12 heteroatoms. The van der Waals surface area contributed by atoms with Gasteiger partial charge in [0.2, 0.25) is 17.7 Å². The van der Waals surface area contributed by atoms with Gasteiger partial charge in [0.05, 0.1) is 53.5 Å². The average Bonchev–Trinajstić information content (AvgIpc) is 3.55. The summed E-state index contributed by atoms with van der Waals surface area (Å²) in [5.74, 6) is 1.19. The average molecular weight is 491 g/mol. The highest BCUT2D eigenvalue weighted by Crippen LogP contribution is 2.37. The summed E-state index contributed by atoms with van der Waals surface area (Å²) in [6, 6.07) is 8.65. The van der Waals surface area contributed by atoms with E-state index in [-0.39, 0.29) is 11.6 Å². The monoisotopic (exact) mass is 490 g/mol. The van der Waals surface area contributed by atoms with E-state index in [1.807, 2.05) is 12.1 Å². The van der Waals surface area contributed by atoms with Crippen molar-refractivity contribution in [3.63, 3.8) is 0 Å². The van der Waals surface area contributed by atoms with E-state index in [4.69, 9.17) is 16.3 Å². The minimum Gasteiger partial charge on any atom is -0.378 e. The number of rotatable bonds is 6. The molecule has 3 aliphatic rings. The molecule has 0 bridgehead atoms. The summed E-state index contributed by atoms with van der Waals surface area (Å²) in [7, 11) is 0. The minimum atomic E-state index is 0.259. The van der Waals surface area contributed by atoms with Gasteiger partial charge < -0.3 is 20.3 Å². The molecule has 2 aliphatic heterocycles. The van der Waals surface area contributed by atoms with Crippen molar-refractivity contribution in [1.29, 1.82) is 10.5 Å². The van der Waals surface area contributed by atoms with Gasteiger partial charge in [0.1, 0.15) is 6.07 Å². The molecule has 178 valence electrons. The predicted molar refractivity (Wildman–Crippen MR) is 130 cm³/mol. The number of anilines is 4. The molecule has 2 aromatic heterocycles. The van der Waals surface area contributed by atoms with Crippen LogP contribution in [0.2, 0.25) is 5.02 Å². The van der Waals surface area contributed by atoms with Crippen LogP contribution in [-0.4, -0.2) is 75.7 Å². The largest absolute Gasteiger partial charge is 0.378 e. The zero-order valence-electron chi connectivity index (χ0n) is 18.9. The van der Waals surface area contributed by atoms with Gasteiger partial charge in [-0.1, -0.05) is 11.6 Å². The van der Waals surface area contributed by atoms with Gasteiger partial charge in [0.15, 0.2) is 5.69 Å². The molecule has 1 aliphatic carbocycles. The maximum absolute atomic E-state index is 9.67. The van der Waals surface area contributed by atoms with Crippen LogP contribution < -0.4 is 15.5 Å². The van der Waals surface area contributed by atoms with Crippen molar-refractivity contribution < 1.29 is 4.74 Å². The summed E-state index contributed by atoms with van der Waals surface area (Å²) in [5.41, 5.74) is 2.11. The number of aromatic nitrogens is 4. The lowest BCUT2D eigenvalue weighted by atomic mass is 10.1. The number of fused-ring (bicyclic) bond motifs is 1. The fraction of sp³-hybridized carbons (Fsp3) is 0.435. The molecule has 0 unspecified atom stereocenters. The van der Waals surface area contributed by atoms with Crippen LogP contribution in [0.25, 0.3) is 5.78 Å². The molecule has 11 nitrogen and oxygen atoms in total. The number of halogens is 1. The Hall–Kier alpha value is -3.64. The number of piperazine rings is 1. The van der Waals surface area contributed by atoms with E-state index in [2.05, 4.69) is 41.5 Å². The topological polar surface area (TPSA) is 130 Å². The van der Waals surface area contributed by atoms with E-state index in [0.717, 1.165) is 57.9 Å². The molecule has 1 saturated carbocycles. The van der Waals surface area contributed by atoms with Crippen LogP contribution in [0.4, 0.5) is 23.3 Å². The lowest BCUT2D eigenvalue weighted by Gasteiger charge is -2.43. The zero-order chi connectivity index (χ0) is 23.9. The lowest BCUT2D eigenvalue weighted by Crippen LogP contribution is -2.56. The Bertz CT molecular complexity index is 1360. The van der Waals surface area contributed by atoms with Gasteiger partial charge in [-0.15, -0.1) is 0 Å². The Kier molecular flexibility index (Phi) is 5.53. The summed E-state index contributed by atoms with van der Waals surface area (Å²) in [5, 5.41) is 26.0. The molecule has 6 rings (SSSR count). The molecular formula is C23H23ClN10O. The Balaban J connectivity index is 1.30. The fourth-order valence-corrected chi connectivity index (χ4v) is 4.65. The second-order valence-electron chi connectivity index (χ2n) is 9.01. The van der Waals surface area contributed by atoms with Crippen LogP contribution in [0, 0.1) is 22.7 Å². The van der Waals surface area contributed by atoms with Crippen LogP contribution in [0.5, 0.6) is 0 Å².